The van der Waals surface area contributed by atoms with Crippen LogP contribution in [0.4, 0.5) is 35.2 Å². The number of fused-ring (bicyclic) bond motifs is 20. The molecule has 0 aromatic heterocycles. The Balaban J connectivity index is 1.11. The summed E-state index contributed by atoms with van der Waals surface area (Å²) in [6, 6.07) is 0. The van der Waals surface area contributed by atoms with E-state index in [0.29, 0.717) is 0 Å². The molecule has 9 fully saturated rings. The highest BCUT2D eigenvalue weighted by atomic mass is 19.2. The number of nitrogens with one attached hydrogen (secondary N) is 7. The number of hydrogen-bond acceptors (Lipinski definition) is 8. The first-order chi connectivity index (χ1) is 23.1. The molecule has 5 heterocycles. The van der Waals surface area contributed by atoms with Crippen molar-refractivity contribution in [1.82, 2.24) is 42.3 Å². The standard InChI is InChI=1S/C32H48F8N8/c33-15-9-14-16(20(35)19(15)34)28-43-27(14)47-32-13-8-4-3-7-12(13)31(48(32)40)46-26-11-6-2-1-5-10(11)25(41-26)42-29-17-18(30(44-28)45-29)22(37)24(39)23(38)21(17)36/h10-32,41-47H,1-9H2. The molecule has 9 aliphatic rings. The molecule has 48 heavy (non-hydrogen) atoms. The molecule has 7 N–H and O–H groups in total. The normalized spacial score (nSPS) is 61.4. The maximum absolute atomic E-state index is 16.7. The molecule has 0 aromatic rings. The summed E-state index contributed by atoms with van der Waals surface area (Å²) in [6.07, 6.45) is -16.0. The van der Waals surface area contributed by atoms with Gasteiger partial charge in [-0.2, -0.15) is 0 Å². The minimum absolute atomic E-state index is 0.0204. The van der Waals surface area contributed by atoms with Gasteiger partial charge in [-0.1, -0.05) is 25.7 Å². The summed E-state index contributed by atoms with van der Waals surface area (Å²) in [6.45, 7) is 0. The zero-order chi connectivity index (χ0) is 33.2. The Kier molecular flexibility index (Phi) is 8.50. The van der Waals surface area contributed by atoms with Gasteiger partial charge in [-0.3, -0.25) is 37.2 Å². The van der Waals surface area contributed by atoms with Crippen LogP contribution in [-0.4, -0.2) is 97.6 Å². The van der Waals surface area contributed by atoms with Gasteiger partial charge in [0.05, 0.1) is 49.3 Å². The average molecular weight is 697 g/mol. The third-order valence-corrected chi connectivity index (χ3v) is 14.1. The van der Waals surface area contributed by atoms with E-state index in [1.807, 2.05) is 0 Å². The van der Waals surface area contributed by atoms with Crippen LogP contribution in [0.15, 0.2) is 0 Å². The average Bonchev–Trinajstić information content (AvgIpc) is 3.79. The van der Waals surface area contributed by atoms with Crippen molar-refractivity contribution in [3.63, 3.8) is 0 Å². The van der Waals surface area contributed by atoms with E-state index in [1.165, 1.54) is 0 Å². The van der Waals surface area contributed by atoms with Crippen molar-refractivity contribution in [2.75, 3.05) is 0 Å². The Hall–Kier alpha value is -0.880. The first-order valence-corrected chi connectivity index (χ1v) is 18.4. The molecule has 272 valence electrons. The molecule has 16 heteroatoms. The highest BCUT2D eigenvalue weighted by Gasteiger charge is 2.64. The summed E-state index contributed by atoms with van der Waals surface area (Å²) in [5, 5.41) is 24.3. The van der Waals surface area contributed by atoms with Gasteiger partial charge in [-0.15, -0.1) is 9.60 Å². The number of rotatable bonds is 0. The zero-order valence-electron chi connectivity index (χ0n) is 26.6. The lowest BCUT2D eigenvalue weighted by atomic mass is 9.73. The van der Waals surface area contributed by atoms with Crippen LogP contribution in [0.3, 0.4) is 0 Å². The van der Waals surface area contributed by atoms with Crippen LogP contribution in [0, 0.1) is 47.3 Å². The van der Waals surface area contributed by atoms with Gasteiger partial charge in [-0.05, 0) is 61.7 Å². The van der Waals surface area contributed by atoms with Gasteiger partial charge < -0.3 is 0 Å². The van der Waals surface area contributed by atoms with Crippen LogP contribution in [0.25, 0.3) is 0 Å². The minimum Gasteiger partial charge on any atom is -0.286 e. The van der Waals surface area contributed by atoms with Crippen molar-refractivity contribution in [1.29, 1.82) is 0 Å². The number of hydrogen-bond donors (Lipinski definition) is 7. The second-order valence-corrected chi connectivity index (χ2v) is 16.3. The van der Waals surface area contributed by atoms with Crippen LogP contribution in [0.1, 0.15) is 57.8 Å². The van der Waals surface area contributed by atoms with E-state index in [1.54, 1.807) is 0 Å². The van der Waals surface area contributed by atoms with Gasteiger partial charge in [0.25, 0.3) is 0 Å². The van der Waals surface area contributed by atoms with E-state index >= 15 is 17.7 Å². The van der Waals surface area contributed by atoms with Crippen molar-refractivity contribution in [3.8, 4) is 0 Å². The fourth-order valence-corrected chi connectivity index (χ4v) is 11.9. The number of nitrogens with zero attached hydrogens (tertiary/aromatic N) is 1. The summed E-state index contributed by atoms with van der Waals surface area (Å²) >= 11 is 0. The predicted molar refractivity (Wildman–Crippen MR) is 159 cm³/mol. The quantitative estimate of drug-likeness (QED) is 0.154. The van der Waals surface area contributed by atoms with E-state index in [9.17, 15) is 17.6 Å². The maximum Gasteiger partial charge on any atom is 0.165 e. The lowest BCUT2D eigenvalue weighted by Crippen LogP contribution is -2.62. The molecule has 5 saturated heterocycles. The Morgan fingerprint density at radius 2 is 0.750 bits per heavy atom. The monoisotopic (exact) mass is 696 g/mol. The lowest BCUT2D eigenvalue weighted by Gasteiger charge is -2.41. The Bertz CT molecular complexity index is 1200. The molecule has 4 saturated carbocycles. The van der Waals surface area contributed by atoms with E-state index in [2.05, 4.69) is 37.2 Å². The molecule has 4 aliphatic carbocycles. The summed E-state index contributed by atoms with van der Waals surface area (Å²) in [5.74, 6) is -4.52. The molecule has 0 spiro atoms. The molecule has 23 atom stereocenters. The van der Waals surface area contributed by atoms with E-state index in [-0.39, 0.29) is 36.3 Å². The number of halogens is 8. The smallest absolute Gasteiger partial charge is 0.165 e. The Morgan fingerprint density at radius 3 is 1.27 bits per heavy atom. The second kappa shape index (κ2) is 12.4. The first kappa shape index (κ1) is 33.0. The third-order valence-electron chi connectivity index (χ3n) is 14.1. The summed E-state index contributed by atoms with van der Waals surface area (Å²) in [4.78, 5) is 0. The fourth-order valence-electron chi connectivity index (χ4n) is 11.9. The van der Waals surface area contributed by atoms with Gasteiger partial charge in [0.2, 0.25) is 0 Å². The summed E-state index contributed by atoms with van der Waals surface area (Å²) < 4.78 is 124. The highest BCUT2D eigenvalue weighted by Crippen LogP contribution is 2.49. The van der Waals surface area contributed by atoms with Crippen molar-refractivity contribution in [2.45, 2.75) is 150 Å². The maximum atomic E-state index is 16.7. The molecular formula is C32H48F8N8. The number of alkyl halides is 7. The van der Waals surface area contributed by atoms with E-state index < -0.39 is 110 Å². The van der Waals surface area contributed by atoms with E-state index in [4.69, 9.17) is 0 Å². The van der Waals surface area contributed by atoms with Gasteiger partial charge in [0.15, 0.2) is 18.5 Å². The minimum atomic E-state index is -2.69. The molecule has 0 radical (unpaired) electrons. The van der Waals surface area contributed by atoms with Gasteiger partial charge in [0.1, 0.15) is 24.7 Å². The topological polar surface area (TPSA) is 87.4 Å². The Labute approximate surface area is 275 Å². The van der Waals surface area contributed by atoms with Crippen LogP contribution in [-0.2, 0) is 0 Å². The van der Waals surface area contributed by atoms with Crippen LogP contribution < -0.4 is 37.2 Å². The first-order valence-electron chi connectivity index (χ1n) is 18.4. The predicted octanol–water partition coefficient (Wildman–Crippen LogP) is 2.84. The molecule has 8 bridgehead atoms. The van der Waals surface area contributed by atoms with Gasteiger partial charge in [0, 0.05) is 17.8 Å². The molecular weight excluding hydrogens is 648 g/mol. The third kappa shape index (κ3) is 4.96. The molecule has 23 unspecified atom stereocenters. The van der Waals surface area contributed by atoms with Crippen molar-refractivity contribution in [2.24, 2.45) is 47.3 Å². The van der Waals surface area contributed by atoms with Crippen LogP contribution in [0.5, 0.6) is 0 Å². The van der Waals surface area contributed by atoms with Gasteiger partial charge >= 0.3 is 0 Å². The highest BCUT2D eigenvalue weighted by molar-refractivity contribution is 5.14. The Morgan fingerprint density at radius 1 is 0.375 bits per heavy atom. The van der Waals surface area contributed by atoms with Crippen molar-refractivity contribution >= 4 is 0 Å². The molecule has 0 aromatic carbocycles. The van der Waals surface area contributed by atoms with Crippen molar-refractivity contribution in [3.05, 3.63) is 0 Å². The van der Waals surface area contributed by atoms with Crippen LogP contribution in [0.2, 0.25) is 0 Å². The van der Waals surface area contributed by atoms with E-state index in [0.717, 1.165) is 56.5 Å². The van der Waals surface area contributed by atoms with Gasteiger partial charge in [-0.25, -0.2) is 30.7 Å². The molecule has 5 aliphatic heterocycles. The molecule has 0 amide bonds. The largest absolute Gasteiger partial charge is 0.286 e. The fraction of sp³-hybridized carbons (Fsp3) is 1.00. The summed E-state index contributed by atoms with van der Waals surface area (Å²) in [7, 11) is 0. The molecule has 9 rings (SSSR count). The molecule has 8 nitrogen and oxygen atoms in total. The van der Waals surface area contributed by atoms with Crippen LogP contribution >= 0.6 is 0 Å². The van der Waals surface area contributed by atoms with Crippen molar-refractivity contribution < 1.29 is 35.2 Å². The second-order valence-electron chi connectivity index (χ2n) is 16.3. The summed E-state index contributed by atoms with van der Waals surface area (Å²) in [5.41, 5.74) is 0. The SMILES string of the molecule is FC1CC2C3NC(NC4NC(NC5NC(NC6C7CCCCC7C(N3)N6F)C3CCCCC53)C3C(F)C(F)C(F)C(F)C43)C2C(F)C1F. The lowest BCUT2D eigenvalue weighted by molar-refractivity contribution is -0.0815. The zero-order valence-corrected chi connectivity index (χ0v) is 26.6.